The van der Waals surface area contributed by atoms with E-state index in [-0.39, 0.29) is 23.5 Å². The van der Waals surface area contributed by atoms with E-state index in [1.807, 2.05) is 4.90 Å². The zero-order chi connectivity index (χ0) is 22.7. The Hall–Kier alpha value is -3.73. The summed E-state index contributed by atoms with van der Waals surface area (Å²) in [6.07, 6.45) is -0.820. The molecular formula is C21H16F4N4O3. The molecule has 1 fully saturated rings. The minimum Gasteiger partial charge on any atom is -0.406 e. The summed E-state index contributed by atoms with van der Waals surface area (Å²) >= 11 is 0. The first-order valence-corrected chi connectivity index (χ1v) is 9.40. The monoisotopic (exact) mass is 448 g/mol. The normalized spacial score (nSPS) is 13.8. The van der Waals surface area contributed by atoms with Crippen LogP contribution in [0.1, 0.15) is 10.4 Å². The molecule has 1 N–H and O–H groups in total. The van der Waals surface area contributed by atoms with Gasteiger partial charge >= 0.3 is 6.36 Å². The average molecular weight is 448 g/mol. The Morgan fingerprint density at radius 1 is 1.12 bits per heavy atom. The van der Waals surface area contributed by atoms with Crippen molar-refractivity contribution in [2.75, 3.05) is 30.1 Å². The topological polar surface area (TPSA) is 76.6 Å². The number of aromatic nitrogens is 2. The van der Waals surface area contributed by atoms with Gasteiger partial charge in [-0.05, 0) is 36.4 Å². The molecule has 3 heterocycles. The molecule has 3 aromatic rings. The first-order chi connectivity index (χ1) is 15.3. The van der Waals surface area contributed by atoms with E-state index in [4.69, 9.17) is 4.74 Å². The molecule has 32 heavy (non-hydrogen) atoms. The van der Waals surface area contributed by atoms with Crippen LogP contribution in [0, 0.1) is 5.82 Å². The van der Waals surface area contributed by atoms with Crippen molar-refractivity contribution in [2.24, 2.45) is 0 Å². The van der Waals surface area contributed by atoms with Crippen LogP contribution in [-0.2, 0) is 4.74 Å². The maximum absolute atomic E-state index is 14.5. The number of benzene rings is 1. The summed E-state index contributed by atoms with van der Waals surface area (Å²) in [6.45, 7) is 1.33. The molecule has 11 heteroatoms. The fraction of sp³-hybridized carbons (Fsp3) is 0.190. The molecule has 1 saturated heterocycles. The second-order valence-corrected chi connectivity index (χ2v) is 6.78. The molecule has 7 nitrogen and oxygen atoms in total. The van der Waals surface area contributed by atoms with Gasteiger partial charge in [-0.2, -0.15) is 0 Å². The maximum Gasteiger partial charge on any atom is 0.573 e. The quantitative estimate of drug-likeness (QED) is 0.589. The number of pyridine rings is 2. The molecule has 0 atom stereocenters. The zero-order valence-corrected chi connectivity index (χ0v) is 16.4. The number of nitrogens with one attached hydrogen (secondary N) is 1. The first-order valence-electron chi connectivity index (χ1n) is 9.40. The van der Waals surface area contributed by atoms with Gasteiger partial charge in [-0.3, -0.25) is 9.78 Å². The third-order valence-electron chi connectivity index (χ3n) is 4.58. The van der Waals surface area contributed by atoms with E-state index in [1.165, 1.54) is 42.9 Å². The number of hydrogen-bond acceptors (Lipinski definition) is 6. The summed E-state index contributed by atoms with van der Waals surface area (Å²) in [7, 11) is 0. The predicted molar refractivity (Wildman–Crippen MR) is 107 cm³/mol. The fourth-order valence-corrected chi connectivity index (χ4v) is 3.13. The third kappa shape index (κ3) is 4.94. The zero-order valence-electron chi connectivity index (χ0n) is 16.4. The van der Waals surface area contributed by atoms with E-state index >= 15 is 0 Å². The number of carbonyl (C=O) groups is 1. The van der Waals surface area contributed by atoms with Crippen LogP contribution in [0.3, 0.4) is 0 Å². The molecule has 0 radical (unpaired) electrons. The fourth-order valence-electron chi connectivity index (χ4n) is 3.13. The lowest BCUT2D eigenvalue weighted by Crippen LogP contribution is -2.22. The summed E-state index contributed by atoms with van der Waals surface area (Å²) in [5, 5.41) is 2.57. The van der Waals surface area contributed by atoms with Crippen LogP contribution in [0.2, 0.25) is 0 Å². The summed E-state index contributed by atoms with van der Waals surface area (Å²) in [5.41, 5.74) is 0.909. The van der Waals surface area contributed by atoms with E-state index in [0.717, 1.165) is 12.1 Å². The SMILES string of the molecule is O=C(Nc1ccc(OC(F)(F)F)cc1)c1cnc(N2CCOC2)c(-c2cnccc2F)c1. The minimum absolute atomic E-state index is 0.128. The molecule has 4 rings (SSSR count). The average Bonchev–Trinajstić information content (AvgIpc) is 3.29. The Bertz CT molecular complexity index is 1120. The number of nitrogens with zero attached hydrogens (tertiary/aromatic N) is 3. The standard InChI is InChI=1S/C21H16F4N4O3/c22-18-5-6-26-11-17(18)16-9-13(10-27-19(16)29-7-8-31-12-29)20(30)28-14-1-3-15(4-2-14)32-21(23,24)25/h1-6,9-11H,7-8,12H2,(H,28,30). The largest absolute Gasteiger partial charge is 0.573 e. The van der Waals surface area contributed by atoms with Gasteiger partial charge in [0, 0.05) is 41.9 Å². The van der Waals surface area contributed by atoms with Crippen molar-refractivity contribution in [2.45, 2.75) is 6.36 Å². The number of ether oxygens (including phenoxy) is 2. The maximum atomic E-state index is 14.5. The van der Waals surface area contributed by atoms with Crippen LogP contribution < -0.4 is 15.0 Å². The number of rotatable bonds is 5. The number of amides is 1. The Labute approximate surface area is 179 Å². The highest BCUT2D eigenvalue weighted by molar-refractivity contribution is 6.05. The van der Waals surface area contributed by atoms with Crippen molar-refractivity contribution in [1.29, 1.82) is 0 Å². The van der Waals surface area contributed by atoms with Crippen molar-refractivity contribution in [1.82, 2.24) is 9.97 Å². The van der Waals surface area contributed by atoms with E-state index < -0.39 is 23.8 Å². The van der Waals surface area contributed by atoms with E-state index in [2.05, 4.69) is 20.0 Å². The van der Waals surface area contributed by atoms with E-state index in [0.29, 0.717) is 24.5 Å². The molecule has 0 unspecified atom stereocenters. The molecular weight excluding hydrogens is 432 g/mol. The summed E-state index contributed by atoms with van der Waals surface area (Å²) in [5.74, 6) is -1.07. The van der Waals surface area contributed by atoms with Crippen LogP contribution >= 0.6 is 0 Å². The van der Waals surface area contributed by atoms with Crippen molar-refractivity contribution in [3.05, 3.63) is 66.4 Å². The van der Waals surface area contributed by atoms with Gasteiger partial charge in [0.2, 0.25) is 0 Å². The molecule has 0 aliphatic carbocycles. The van der Waals surface area contributed by atoms with Crippen molar-refractivity contribution in [3.8, 4) is 16.9 Å². The Morgan fingerprint density at radius 3 is 2.56 bits per heavy atom. The number of anilines is 2. The Morgan fingerprint density at radius 2 is 1.91 bits per heavy atom. The van der Waals surface area contributed by atoms with Crippen molar-refractivity contribution < 1.29 is 31.8 Å². The molecule has 1 aliphatic rings. The van der Waals surface area contributed by atoms with Crippen LogP contribution in [0.4, 0.5) is 29.1 Å². The molecule has 166 valence electrons. The number of alkyl halides is 3. The molecule has 2 aromatic heterocycles. The van der Waals surface area contributed by atoms with Gasteiger partial charge in [-0.15, -0.1) is 13.2 Å². The number of hydrogen-bond donors (Lipinski definition) is 1. The van der Waals surface area contributed by atoms with Gasteiger partial charge in [-0.25, -0.2) is 9.37 Å². The van der Waals surface area contributed by atoms with Crippen LogP contribution in [0.15, 0.2) is 55.0 Å². The van der Waals surface area contributed by atoms with Gasteiger partial charge in [0.05, 0.1) is 12.2 Å². The second kappa shape index (κ2) is 8.79. The van der Waals surface area contributed by atoms with Gasteiger partial charge in [-0.1, -0.05) is 0 Å². The Balaban J connectivity index is 1.60. The molecule has 0 saturated carbocycles. The highest BCUT2D eigenvalue weighted by Gasteiger charge is 2.31. The molecule has 0 bridgehead atoms. The van der Waals surface area contributed by atoms with E-state index in [9.17, 15) is 22.4 Å². The lowest BCUT2D eigenvalue weighted by atomic mass is 10.0. The smallest absolute Gasteiger partial charge is 0.406 e. The highest BCUT2D eigenvalue weighted by Crippen LogP contribution is 2.32. The number of halogens is 4. The van der Waals surface area contributed by atoms with Crippen LogP contribution in [0.5, 0.6) is 5.75 Å². The van der Waals surface area contributed by atoms with Gasteiger partial charge in [0.1, 0.15) is 24.1 Å². The van der Waals surface area contributed by atoms with Gasteiger partial charge in [0.15, 0.2) is 0 Å². The lowest BCUT2D eigenvalue weighted by Gasteiger charge is -2.19. The minimum atomic E-state index is -4.81. The third-order valence-corrected chi connectivity index (χ3v) is 4.58. The molecule has 1 aliphatic heterocycles. The summed E-state index contributed by atoms with van der Waals surface area (Å²) < 4.78 is 60.5. The lowest BCUT2D eigenvalue weighted by molar-refractivity contribution is -0.274. The summed E-state index contributed by atoms with van der Waals surface area (Å²) in [4.78, 5) is 22.8. The highest BCUT2D eigenvalue weighted by atomic mass is 19.4. The van der Waals surface area contributed by atoms with Crippen LogP contribution in [-0.4, -0.2) is 42.1 Å². The molecule has 1 amide bonds. The first kappa shape index (κ1) is 21.5. The Kier molecular flexibility index (Phi) is 5.91. The molecule has 0 spiro atoms. The second-order valence-electron chi connectivity index (χ2n) is 6.78. The molecule has 1 aromatic carbocycles. The van der Waals surface area contributed by atoms with Gasteiger partial charge < -0.3 is 19.7 Å². The predicted octanol–water partition coefficient (Wildman–Crippen LogP) is 4.23. The van der Waals surface area contributed by atoms with Crippen LogP contribution in [0.25, 0.3) is 11.1 Å². The van der Waals surface area contributed by atoms with Crippen molar-refractivity contribution in [3.63, 3.8) is 0 Å². The van der Waals surface area contributed by atoms with E-state index in [1.54, 1.807) is 0 Å². The van der Waals surface area contributed by atoms with Gasteiger partial charge in [0.25, 0.3) is 5.91 Å². The number of carbonyl (C=O) groups excluding carboxylic acids is 1. The summed E-state index contributed by atoms with van der Waals surface area (Å²) in [6, 6.07) is 7.38. The van der Waals surface area contributed by atoms with Crippen molar-refractivity contribution >= 4 is 17.4 Å².